The standard InChI is InChI=1S/C14H16N2O/c1-3-8-16-10-13(9-15-16)14(17)12-6-4-11(2)5-7-12/h4-7,9-10H,3,8H2,1-2H3. The fourth-order valence-corrected chi connectivity index (χ4v) is 1.70. The highest BCUT2D eigenvalue weighted by molar-refractivity contribution is 6.08. The van der Waals surface area contributed by atoms with E-state index in [-0.39, 0.29) is 5.78 Å². The molecule has 1 heterocycles. The number of carbonyl (C=O) groups excluding carboxylic acids is 1. The van der Waals surface area contributed by atoms with Crippen LogP contribution in [-0.4, -0.2) is 15.6 Å². The van der Waals surface area contributed by atoms with E-state index in [9.17, 15) is 4.79 Å². The zero-order valence-corrected chi connectivity index (χ0v) is 10.2. The van der Waals surface area contributed by atoms with E-state index in [1.165, 1.54) is 0 Å². The van der Waals surface area contributed by atoms with Crippen LogP contribution in [0.25, 0.3) is 0 Å². The lowest BCUT2D eigenvalue weighted by molar-refractivity contribution is 0.103. The second-order valence-electron chi connectivity index (χ2n) is 4.19. The maximum Gasteiger partial charge on any atom is 0.196 e. The van der Waals surface area contributed by atoms with Gasteiger partial charge in [0.2, 0.25) is 0 Å². The van der Waals surface area contributed by atoms with E-state index in [4.69, 9.17) is 0 Å². The number of hydrogen-bond donors (Lipinski definition) is 0. The van der Waals surface area contributed by atoms with E-state index in [1.54, 1.807) is 10.9 Å². The summed E-state index contributed by atoms with van der Waals surface area (Å²) < 4.78 is 1.81. The molecule has 0 aliphatic heterocycles. The van der Waals surface area contributed by atoms with Crippen LogP contribution in [0.2, 0.25) is 0 Å². The maximum atomic E-state index is 12.1. The van der Waals surface area contributed by atoms with Crippen molar-refractivity contribution in [2.75, 3.05) is 0 Å². The van der Waals surface area contributed by atoms with Crippen LogP contribution in [0.15, 0.2) is 36.7 Å². The van der Waals surface area contributed by atoms with Crippen molar-refractivity contribution < 1.29 is 4.79 Å². The molecule has 2 rings (SSSR count). The summed E-state index contributed by atoms with van der Waals surface area (Å²) in [5.41, 5.74) is 2.53. The van der Waals surface area contributed by atoms with Gasteiger partial charge in [-0.15, -0.1) is 0 Å². The molecule has 0 saturated heterocycles. The lowest BCUT2D eigenvalue weighted by Crippen LogP contribution is -2.00. The molecular weight excluding hydrogens is 212 g/mol. The molecule has 1 aromatic heterocycles. The van der Waals surface area contributed by atoms with Gasteiger partial charge in [-0.2, -0.15) is 5.10 Å². The Morgan fingerprint density at radius 2 is 1.94 bits per heavy atom. The highest BCUT2D eigenvalue weighted by Crippen LogP contribution is 2.10. The maximum absolute atomic E-state index is 12.1. The quantitative estimate of drug-likeness (QED) is 0.754. The van der Waals surface area contributed by atoms with Gasteiger partial charge in [0.25, 0.3) is 0 Å². The van der Waals surface area contributed by atoms with Gasteiger partial charge in [-0.25, -0.2) is 0 Å². The molecule has 0 N–H and O–H groups in total. The summed E-state index contributed by atoms with van der Waals surface area (Å²) >= 11 is 0. The molecule has 3 nitrogen and oxygen atoms in total. The Labute approximate surface area is 101 Å². The van der Waals surface area contributed by atoms with E-state index in [0.29, 0.717) is 11.1 Å². The summed E-state index contributed by atoms with van der Waals surface area (Å²) in [6, 6.07) is 7.61. The molecule has 2 aromatic rings. The topological polar surface area (TPSA) is 34.9 Å². The predicted octanol–water partition coefficient (Wildman–Crippen LogP) is 2.83. The molecule has 88 valence electrons. The first-order chi connectivity index (χ1) is 8.20. The van der Waals surface area contributed by atoms with Crippen molar-refractivity contribution in [1.82, 2.24) is 9.78 Å². The molecule has 0 amide bonds. The molecule has 1 aromatic carbocycles. The summed E-state index contributed by atoms with van der Waals surface area (Å²) in [5.74, 6) is 0.0346. The van der Waals surface area contributed by atoms with Crippen molar-refractivity contribution in [3.05, 3.63) is 53.3 Å². The van der Waals surface area contributed by atoms with Crippen LogP contribution >= 0.6 is 0 Å². The average Bonchev–Trinajstić information content (AvgIpc) is 2.78. The van der Waals surface area contributed by atoms with Crippen molar-refractivity contribution >= 4 is 5.78 Å². The number of hydrogen-bond acceptors (Lipinski definition) is 2. The molecule has 0 aliphatic rings. The Hall–Kier alpha value is -1.90. The van der Waals surface area contributed by atoms with Crippen LogP contribution in [0.5, 0.6) is 0 Å². The summed E-state index contributed by atoms with van der Waals surface area (Å²) in [6.45, 7) is 4.94. The molecule has 0 fully saturated rings. The van der Waals surface area contributed by atoms with Crippen LogP contribution in [0, 0.1) is 6.92 Å². The number of ketones is 1. The van der Waals surface area contributed by atoms with Crippen LogP contribution in [0.3, 0.4) is 0 Å². The molecule has 0 atom stereocenters. The van der Waals surface area contributed by atoms with E-state index >= 15 is 0 Å². The molecule has 0 bridgehead atoms. The number of carbonyl (C=O) groups is 1. The minimum absolute atomic E-state index is 0.0346. The Balaban J connectivity index is 2.21. The lowest BCUT2D eigenvalue weighted by atomic mass is 10.1. The normalized spacial score (nSPS) is 10.5. The number of aryl methyl sites for hydroxylation is 2. The molecular formula is C14H16N2O. The minimum Gasteiger partial charge on any atom is -0.288 e. The SMILES string of the molecule is CCCn1cc(C(=O)c2ccc(C)cc2)cn1. The van der Waals surface area contributed by atoms with Crippen LogP contribution in [0.4, 0.5) is 0 Å². The van der Waals surface area contributed by atoms with Gasteiger partial charge in [-0.1, -0.05) is 36.8 Å². The van der Waals surface area contributed by atoms with Crippen molar-refractivity contribution in [3.8, 4) is 0 Å². The lowest BCUT2D eigenvalue weighted by Gasteiger charge is -1.98. The third-order valence-corrected chi connectivity index (χ3v) is 2.66. The summed E-state index contributed by atoms with van der Waals surface area (Å²) in [4.78, 5) is 12.1. The summed E-state index contributed by atoms with van der Waals surface area (Å²) in [6.07, 6.45) is 4.46. The van der Waals surface area contributed by atoms with E-state index in [1.807, 2.05) is 37.4 Å². The molecule has 0 aliphatic carbocycles. The Morgan fingerprint density at radius 3 is 2.59 bits per heavy atom. The Bertz CT molecular complexity index is 511. The van der Waals surface area contributed by atoms with Crippen molar-refractivity contribution in [3.63, 3.8) is 0 Å². The van der Waals surface area contributed by atoms with Crippen LogP contribution < -0.4 is 0 Å². The van der Waals surface area contributed by atoms with Gasteiger partial charge in [-0.3, -0.25) is 9.48 Å². The largest absolute Gasteiger partial charge is 0.288 e. The monoisotopic (exact) mass is 228 g/mol. The van der Waals surface area contributed by atoms with Crippen LogP contribution in [0.1, 0.15) is 34.8 Å². The zero-order chi connectivity index (χ0) is 12.3. The Kier molecular flexibility index (Phi) is 3.38. The van der Waals surface area contributed by atoms with E-state index in [2.05, 4.69) is 12.0 Å². The van der Waals surface area contributed by atoms with Gasteiger partial charge < -0.3 is 0 Å². The van der Waals surface area contributed by atoms with E-state index in [0.717, 1.165) is 18.5 Å². The smallest absolute Gasteiger partial charge is 0.196 e. The molecule has 17 heavy (non-hydrogen) atoms. The summed E-state index contributed by atoms with van der Waals surface area (Å²) in [7, 11) is 0. The fourth-order valence-electron chi connectivity index (χ4n) is 1.70. The number of nitrogens with zero attached hydrogens (tertiary/aromatic N) is 2. The molecule has 0 saturated carbocycles. The van der Waals surface area contributed by atoms with E-state index < -0.39 is 0 Å². The molecule has 0 radical (unpaired) electrons. The molecule has 0 spiro atoms. The molecule has 3 heteroatoms. The van der Waals surface area contributed by atoms with Crippen molar-refractivity contribution in [2.24, 2.45) is 0 Å². The highest BCUT2D eigenvalue weighted by Gasteiger charge is 2.10. The van der Waals surface area contributed by atoms with Crippen LogP contribution in [-0.2, 0) is 6.54 Å². The second kappa shape index (κ2) is 4.95. The minimum atomic E-state index is 0.0346. The molecule has 0 unspecified atom stereocenters. The first-order valence-corrected chi connectivity index (χ1v) is 5.84. The van der Waals surface area contributed by atoms with Crippen molar-refractivity contribution in [2.45, 2.75) is 26.8 Å². The average molecular weight is 228 g/mol. The van der Waals surface area contributed by atoms with Gasteiger partial charge in [0.05, 0.1) is 11.8 Å². The van der Waals surface area contributed by atoms with Crippen molar-refractivity contribution in [1.29, 1.82) is 0 Å². The summed E-state index contributed by atoms with van der Waals surface area (Å²) in [5, 5.41) is 4.17. The van der Waals surface area contributed by atoms with Gasteiger partial charge in [0.15, 0.2) is 5.78 Å². The first-order valence-electron chi connectivity index (χ1n) is 5.84. The zero-order valence-electron chi connectivity index (χ0n) is 10.2. The highest BCUT2D eigenvalue weighted by atomic mass is 16.1. The van der Waals surface area contributed by atoms with Gasteiger partial charge in [-0.05, 0) is 13.3 Å². The van der Waals surface area contributed by atoms with Gasteiger partial charge >= 0.3 is 0 Å². The van der Waals surface area contributed by atoms with Gasteiger partial charge in [0.1, 0.15) is 0 Å². The second-order valence-corrected chi connectivity index (χ2v) is 4.19. The third-order valence-electron chi connectivity index (χ3n) is 2.66. The number of benzene rings is 1. The van der Waals surface area contributed by atoms with Gasteiger partial charge in [0, 0.05) is 18.3 Å². The number of aromatic nitrogens is 2. The first kappa shape index (κ1) is 11.6. The Morgan fingerprint density at radius 1 is 1.24 bits per heavy atom. The number of rotatable bonds is 4. The third kappa shape index (κ3) is 2.61. The fraction of sp³-hybridized carbons (Fsp3) is 0.286. The predicted molar refractivity (Wildman–Crippen MR) is 67.1 cm³/mol.